The standard InChI is InChI=1S/C26H31ClN2O4/c1-5-10-20(18-15-13-17(4)14-16-18)28-25(32)29-23(31)26(6-2,7-3)24(29)33-21-12-9-8-11-19(21)22(27)30/h8-9,11-16,20,24H,5-7,10H2,1-4H3,(H,28,32). The number of carbonyl (C=O) groups is 3. The Bertz CT molecular complexity index is 1020. The van der Waals surface area contributed by atoms with Gasteiger partial charge in [0.2, 0.25) is 5.91 Å². The highest BCUT2D eigenvalue weighted by atomic mass is 35.5. The van der Waals surface area contributed by atoms with Gasteiger partial charge in [-0.1, -0.05) is 69.2 Å². The van der Waals surface area contributed by atoms with Gasteiger partial charge in [-0.15, -0.1) is 0 Å². The highest BCUT2D eigenvalue weighted by molar-refractivity contribution is 6.68. The molecule has 7 heteroatoms. The third-order valence-corrected chi connectivity index (χ3v) is 6.73. The number of urea groups is 1. The van der Waals surface area contributed by atoms with E-state index >= 15 is 0 Å². The van der Waals surface area contributed by atoms with E-state index in [1.807, 2.05) is 52.0 Å². The minimum absolute atomic E-state index is 0.198. The first-order valence-electron chi connectivity index (χ1n) is 11.4. The predicted molar refractivity (Wildman–Crippen MR) is 128 cm³/mol. The van der Waals surface area contributed by atoms with Crippen LogP contribution in [0.5, 0.6) is 5.75 Å². The molecule has 1 N–H and O–H groups in total. The van der Waals surface area contributed by atoms with Crippen molar-refractivity contribution in [2.45, 2.75) is 65.6 Å². The van der Waals surface area contributed by atoms with Crippen molar-refractivity contribution >= 4 is 28.8 Å². The van der Waals surface area contributed by atoms with Crippen LogP contribution in [0.3, 0.4) is 0 Å². The number of likely N-dealkylation sites (tertiary alicyclic amines) is 1. The quantitative estimate of drug-likeness (QED) is 0.361. The summed E-state index contributed by atoms with van der Waals surface area (Å²) in [5.41, 5.74) is 1.47. The zero-order valence-corrected chi connectivity index (χ0v) is 20.3. The molecule has 176 valence electrons. The molecule has 2 aromatic rings. The van der Waals surface area contributed by atoms with Gasteiger partial charge in [0.1, 0.15) is 11.2 Å². The number of aryl methyl sites for hydroxylation is 1. The van der Waals surface area contributed by atoms with E-state index in [4.69, 9.17) is 16.3 Å². The van der Waals surface area contributed by atoms with Crippen LogP contribution in [0.4, 0.5) is 4.79 Å². The number of amides is 3. The van der Waals surface area contributed by atoms with Gasteiger partial charge >= 0.3 is 6.03 Å². The molecule has 0 radical (unpaired) electrons. The van der Waals surface area contributed by atoms with Crippen molar-refractivity contribution in [3.05, 3.63) is 65.2 Å². The Kier molecular flexibility index (Phi) is 7.80. The lowest BCUT2D eigenvalue weighted by Gasteiger charge is -2.53. The molecule has 3 amide bonds. The van der Waals surface area contributed by atoms with Gasteiger partial charge in [-0.05, 0) is 55.5 Å². The largest absolute Gasteiger partial charge is 0.468 e. The Balaban J connectivity index is 1.89. The maximum absolute atomic E-state index is 13.3. The minimum atomic E-state index is -0.843. The van der Waals surface area contributed by atoms with Crippen LogP contribution in [0.2, 0.25) is 0 Å². The number of rotatable bonds is 9. The summed E-state index contributed by atoms with van der Waals surface area (Å²) in [6, 6.07) is 13.8. The Morgan fingerprint density at radius 3 is 2.30 bits per heavy atom. The summed E-state index contributed by atoms with van der Waals surface area (Å²) in [7, 11) is 0. The summed E-state index contributed by atoms with van der Waals surface area (Å²) in [4.78, 5) is 39.5. The molecular weight excluding hydrogens is 440 g/mol. The van der Waals surface area contributed by atoms with E-state index in [9.17, 15) is 14.4 Å². The second kappa shape index (κ2) is 10.4. The van der Waals surface area contributed by atoms with E-state index in [1.165, 1.54) is 0 Å². The van der Waals surface area contributed by atoms with Crippen LogP contribution in [-0.4, -0.2) is 28.3 Å². The van der Waals surface area contributed by atoms with Gasteiger partial charge in [0.25, 0.3) is 5.24 Å². The first-order chi connectivity index (χ1) is 15.8. The second-order valence-corrected chi connectivity index (χ2v) is 8.82. The third-order valence-electron chi connectivity index (χ3n) is 6.52. The van der Waals surface area contributed by atoms with Crippen molar-refractivity contribution in [2.24, 2.45) is 5.41 Å². The summed E-state index contributed by atoms with van der Waals surface area (Å²) >= 11 is 5.72. The summed E-state index contributed by atoms with van der Waals surface area (Å²) in [5.74, 6) is -0.0217. The van der Waals surface area contributed by atoms with Gasteiger partial charge in [-0.2, -0.15) is 0 Å². The van der Waals surface area contributed by atoms with Gasteiger partial charge in [-0.3, -0.25) is 9.59 Å². The second-order valence-electron chi connectivity index (χ2n) is 8.48. The van der Waals surface area contributed by atoms with Crippen LogP contribution in [0.1, 0.15) is 74.0 Å². The first-order valence-corrected chi connectivity index (χ1v) is 11.8. The number of carbonyl (C=O) groups excluding carboxylic acids is 3. The van der Waals surface area contributed by atoms with Crippen LogP contribution >= 0.6 is 11.6 Å². The van der Waals surface area contributed by atoms with Crippen molar-refractivity contribution in [3.8, 4) is 5.75 Å². The Morgan fingerprint density at radius 1 is 1.09 bits per heavy atom. The van der Waals surface area contributed by atoms with Crippen molar-refractivity contribution in [1.29, 1.82) is 0 Å². The van der Waals surface area contributed by atoms with E-state index in [2.05, 4.69) is 5.32 Å². The van der Waals surface area contributed by atoms with Crippen LogP contribution in [0.15, 0.2) is 48.5 Å². The fourth-order valence-electron chi connectivity index (χ4n) is 4.38. The van der Waals surface area contributed by atoms with Gasteiger partial charge in [-0.25, -0.2) is 9.69 Å². The molecular formula is C26H31ClN2O4. The summed E-state index contributed by atoms with van der Waals surface area (Å²) in [6.07, 6.45) is 1.77. The molecule has 3 rings (SSSR count). The third kappa shape index (κ3) is 4.76. The molecule has 0 aliphatic carbocycles. The number of imide groups is 1. The monoisotopic (exact) mass is 470 g/mol. The van der Waals surface area contributed by atoms with E-state index in [0.717, 1.165) is 28.9 Å². The fraction of sp³-hybridized carbons (Fsp3) is 0.423. The highest BCUT2D eigenvalue weighted by Crippen LogP contribution is 2.46. The molecule has 1 aliphatic rings. The van der Waals surface area contributed by atoms with E-state index in [-0.39, 0.29) is 23.3 Å². The van der Waals surface area contributed by atoms with Crippen LogP contribution < -0.4 is 10.1 Å². The smallest absolute Gasteiger partial charge is 0.327 e. The van der Waals surface area contributed by atoms with E-state index < -0.39 is 22.9 Å². The molecule has 2 aromatic carbocycles. The molecule has 1 aliphatic heterocycles. The predicted octanol–water partition coefficient (Wildman–Crippen LogP) is 5.98. The highest BCUT2D eigenvalue weighted by Gasteiger charge is 2.63. The van der Waals surface area contributed by atoms with Gasteiger partial charge in [0, 0.05) is 0 Å². The molecule has 0 spiro atoms. The molecule has 2 unspecified atom stereocenters. The van der Waals surface area contributed by atoms with Crippen molar-refractivity contribution < 1.29 is 19.1 Å². The number of para-hydroxylation sites is 1. The van der Waals surface area contributed by atoms with Crippen LogP contribution in [0, 0.1) is 12.3 Å². The van der Waals surface area contributed by atoms with Crippen LogP contribution in [-0.2, 0) is 4.79 Å². The molecule has 0 aromatic heterocycles. The minimum Gasteiger partial charge on any atom is -0.468 e. The topological polar surface area (TPSA) is 75.7 Å². The zero-order chi connectivity index (χ0) is 24.2. The number of β-lactam (4-membered cyclic amide) rings is 1. The lowest BCUT2D eigenvalue weighted by Crippen LogP contribution is -2.73. The van der Waals surface area contributed by atoms with Crippen molar-refractivity contribution in [2.75, 3.05) is 0 Å². The summed E-state index contributed by atoms with van der Waals surface area (Å²) < 4.78 is 6.15. The maximum Gasteiger partial charge on any atom is 0.327 e. The summed E-state index contributed by atoms with van der Waals surface area (Å²) in [5, 5.41) is 2.36. The molecule has 1 fully saturated rings. The Hall–Kier alpha value is -2.86. The van der Waals surface area contributed by atoms with Crippen LogP contribution in [0.25, 0.3) is 0 Å². The average molecular weight is 471 g/mol. The Labute approximate surface area is 200 Å². The molecule has 1 heterocycles. The number of halogens is 1. The average Bonchev–Trinajstić information content (AvgIpc) is 2.80. The van der Waals surface area contributed by atoms with Crippen molar-refractivity contribution in [3.63, 3.8) is 0 Å². The van der Waals surface area contributed by atoms with Crippen molar-refractivity contribution in [1.82, 2.24) is 10.2 Å². The Morgan fingerprint density at radius 2 is 1.73 bits per heavy atom. The molecule has 0 bridgehead atoms. The van der Waals surface area contributed by atoms with E-state index in [1.54, 1.807) is 24.3 Å². The summed E-state index contributed by atoms with van der Waals surface area (Å²) in [6.45, 7) is 7.86. The number of hydrogen-bond donors (Lipinski definition) is 1. The molecule has 2 atom stereocenters. The number of hydrogen-bond acceptors (Lipinski definition) is 4. The van der Waals surface area contributed by atoms with Gasteiger partial charge in [0.15, 0.2) is 6.23 Å². The lowest BCUT2D eigenvalue weighted by atomic mass is 9.72. The normalized spacial score (nSPS) is 17.8. The molecule has 33 heavy (non-hydrogen) atoms. The zero-order valence-electron chi connectivity index (χ0n) is 19.6. The molecule has 1 saturated heterocycles. The first kappa shape index (κ1) is 24.8. The fourth-order valence-corrected chi connectivity index (χ4v) is 4.54. The number of benzene rings is 2. The van der Waals surface area contributed by atoms with Gasteiger partial charge < -0.3 is 10.1 Å². The van der Waals surface area contributed by atoms with Gasteiger partial charge in [0.05, 0.1) is 11.6 Å². The lowest BCUT2D eigenvalue weighted by molar-refractivity contribution is -0.191. The number of nitrogens with one attached hydrogen (secondary N) is 1. The maximum atomic E-state index is 13.3. The SMILES string of the molecule is CCCC(NC(=O)N1C(=O)C(CC)(CC)C1Oc1ccccc1C(=O)Cl)c1ccc(C)cc1. The number of nitrogens with zero attached hydrogens (tertiary/aromatic N) is 1. The molecule has 6 nitrogen and oxygen atoms in total. The molecule has 0 saturated carbocycles. The number of ether oxygens (including phenoxy) is 1. The van der Waals surface area contributed by atoms with E-state index in [0.29, 0.717) is 12.8 Å².